The molecule has 0 atom stereocenters. The van der Waals surface area contributed by atoms with Gasteiger partial charge in [0.25, 0.3) is 0 Å². The maximum Gasteiger partial charge on any atom is 0.347 e. The van der Waals surface area contributed by atoms with Crippen LogP contribution in [0, 0.1) is 0 Å². The standard InChI is InChI=1S/C12H18N4O/c17-12-15-10-5-7-13-6-4-9(10)11(16-12)14-8-2-1-3-8/h8,13H,1-7H2,(H2,14,15,16,17). The summed E-state index contributed by atoms with van der Waals surface area (Å²) in [4.78, 5) is 18.5. The van der Waals surface area contributed by atoms with Gasteiger partial charge in [-0.15, -0.1) is 0 Å². The summed E-state index contributed by atoms with van der Waals surface area (Å²) in [6, 6.07) is 0.518. The molecule has 3 N–H and O–H groups in total. The van der Waals surface area contributed by atoms with Crippen LogP contribution >= 0.6 is 0 Å². The molecule has 2 aliphatic rings. The first-order valence-electron chi connectivity index (χ1n) is 6.42. The summed E-state index contributed by atoms with van der Waals surface area (Å²) in [7, 11) is 0. The van der Waals surface area contributed by atoms with Crippen molar-refractivity contribution in [2.45, 2.75) is 38.1 Å². The van der Waals surface area contributed by atoms with E-state index in [0.29, 0.717) is 6.04 Å². The second-order valence-electron chi connectivity index (χ2n) is 4.87. The molecule has 1 aromatic rings. The topological polar surface area (TPSA) is 69.8 Å². The molecule has 0 aromatic carbocycles. The summed E-state index contributed by atoms with van der Waals surface area (Å²) >= 11 is 0. The maximum atomic E-state index is 11.5. The van der Waals surface area contributed by atoms with E-state index in [4.69, 9.17) is 0 Å². The highest BCUT2D eigenvalue weighted by Crippen LogP contribution is 2.25. The Kier molecular flexibility index (Phi) is 2.84. The number of nitrogens with zero attached hydrogens (tertiary/aromatic N) is 1. The van der Waals surface area contributed by atoms with Crippen LogP contribution in [-0.4, -0.2) is 29.1 Å². The molecule has 0 saturated heterocycles. The molecule has 1 fully saturated rings. The van der Waals surface area contributed by atoms with E-state index in [-0.39, 0.29) is 5.69 Å². The molecule has 0 radical (unpaired) electrons. The van der Waals surface area contributed by atoms with Crippen LogP contribution in [-0.2, 0) is 12.8 Å². The molecule has 0 spiro atoms. The van der Waals surface area contributed by atoms with Crippen molar-refractivity contribution in [1.82, 2.24) is 15.3 Å². The second-order valence-corrected chi connectivity index (χ2v) is 4.87. The quantitative estimate of drug-likeness (QED) is 0.694. The molecule has 5 heteroatoms. The zero-order valence-electron chi connectivity index (χ0n) is 9.88. The first-order chi connectivity index (χ1) is 8.33. The Morgan fingerprint density at radius 3 is 2.82 bits per heavy atom. The van der Waals surface area contributed by atoms with Crippen molar-refractivity contribution in [1.29, 1.82) is 0 Å². The summed E-state index contributed by atoms with van der Waals surface area (Å²) in [6.45, 7) is 1.88. The lowest BCUT2D eigenvalue weighted by atomic mass is 9.93. The number of H-pyrrole nitrogens is 1. The van der Waals surface area contributed by atoms with E-state index in [1.54, 1.807) is 0 Å². The van der Waals surface area contributed by atoms with E-state index in [9.17, 15) is 4.79 Å². The molecule has 0 amide bonds. The van der Waals surface area contributed by atoms with Crippen LogP contribution in [0.5, 0.6) is 0 Å². The van der Waals surface area contributed by atoms with Crippen molar-refractivity contribution in [2.75, 3.05) is 18.4 Å². The van der Waals surface area contributed by atoms with Gasteiger partial charge >= 0.3 is 5.69 Å². The van der Waals surface area contributed by atoms with Crippen LogP contribution in [0.4, 0.5) is 5.82 Å². The monoisotopic (exact) mass is 234 g/mol. The molecule has 2 heterocycles. The van der Waals surface area contributed by atoms with Gasteiger partial charge in [0.2, 0.25) is 0 Å². The van der Waals surface area contributed by atoms with Gasteiger partial charge in [-0.3, -0.25) is 0 Å². The summed E-state index contributed by atoms with van der Waals surface area (Å²) in [6.07, 6.45) is 5.49. The van der Waals surface area contributed by atoms with Crippen LogP contribution in [0.25, 0.3) is 0 Å². The van der Waals surface area contributed by atoms with E-state index >= 15 is 0 Å². The number of nitrogens with one attached hydrogen (secondary N) is 3. The average molecular weight is 234 g/mol. The minimum atomic E-state index is -0.229. The van der Waals surface area contributed by atoms with Gasteiger partial charge in [0.05, 0.1) is 0 Å². The third-order valence-corrected chi connectivity index (χ3v) is 3.67. The average Bonchev–Trinajstić information content (AvgIpc) is 2.48. The molecule has 1 saturated carbocycles. The van der Waals surface area contributed by atoms with Crippen LogP contribution in [0.1, 0.15) is 30.5 Å². The SMILES string of the molecule is O=c1nc(NC2CCC2)c2c([nH]1)CCNCC2. The van der Waals surface area contributed by atoms with E-state index in [1.807, 2.05) is 0 Å². The number of aromatic nitrogens is 2. The molecule has 5 nitrogen and oxygen atoms in total. The van der Waals surface area contributed by atoms with E-state index < -0.39 is 0 Å². The van der Waals surface area contributed by atoms with E-state index in [2.05, 4.69) is 20.6 Å². The highest BCUT2D eigenvalue weighted by Gasteiger charge is 2.21. The summed E-state index contributed by atoms with van der Waals surface area (Å²) < 4.78 is 0. The van der Waals surface area contributed by atoms with Gasteiger partial charge in [-0.25, -0.2) is 4.79 Å². The first kappa shape index (κ1) is 10.8. The van der Waals surface area contributed by atoms with Crippen LogP contribution in [0.3, 0.4) is 0 Å². The highest BCUT2D eigenvalue weighted by atomic mass is 16.1. The number of hydrogen-bond donors (Lipinski definition) is 3. The molecule has 3 rings (SSSR count). The van der Waals surface area contributed by atoms with Crippen molar-refractivity contribution >= 4 is 5.82 Å². The fraction of sp³-hybridized carbons (Fsp3) is 0.667. The second kappa shape index (κ2) is 4.49. The lowest BCUT2D eigenvalue weighted by Gasteiger charge is -2.28. The fourth-order valence-corrected chi connectivity index (χ4v) is 2.44. The molecular formula is C12H18N4O. The van der Waals surface area contributed by atoms with Gasteiger partial charge in [-0.2, -0.15) is 4.98 Å². The molecule has 0 bridgehead atoms. The smallest absolute Gasteiger partial charge is 0.347 e. The Balaban J connectivity index is 1.94. The number of anilines is 1. The Morgan fingerprint density at radius 1 is 1.24 bits per heavy atom. The Labute approximate surface area is 100 Å². The number of fused-ring (bicyclic) bond motifs is 1. The van der Waals surface area contributed by atoms with Crippen LogP contribution in [0.15, 0.2) is 4.79 Å². The molecule has 0 unspecified atom stereocenters. The van der Waals surface area contributed by atoms with Gasteiger partial charge in [-0.1, -0.05) is 0 Å². The minimum Gasteiger partial charge on any atom is -0.367 e. The number of aromatic amines is 1. The third kappa shape index (κ3) is 2.20. The Morgan fingerprint density at radius 2 is 2.06 bits per heavy atom. The molecule has 17 heavy (non-hydrogen) atoms. The largest absolute Gasteiger partial charge is 0.367 e. The van der Waals surface area contributed by atoms with E-state index in [0.717, 1.165) is 37.4 Å². The minimum absolute atomic E-state index is 0.229. The normalized spacial score (nSPS) is 20.2. The van der Waals surface area contributed by atoms with Crippen molar-refractivity contribution in [3.05, 3.63) is 21.7 Å². The summed E-state index contributed by atoms with van der Waals surface area (Å²) in [5.74, 6) is 0.817. The fourth-order valence-electron chi connectivity index (χ4n) is 2.44. The van der Waals surface area contributed by atoms with Crippen molar-refractivity contribution in [2.24, 2.45) is 0 Å². The zero-order chi connectivity index (χ0) is 11.7. The van der Waals surface area contributed by atoms with Gasteiger partial charge in [-0.05, 0) is 32.2 Å². The summed E-state index contributed by atoms with van der Waals surface area (Å²) in [5, 5.41) is 6.76. The molecule has 1 aromatic heterocycles. The Hall–Kier alpha value is -1.36. The predicted octanol–water partition coefficient (Wildman–Crippen LogP) is 0.423. The molecule has 92 valence electrons. The van der Waals surface area contributed by atoms with Crippen molar-refractivity contribution in [3.63, 3.8) is 0 Å². The van der Waals surface area contributed by atoms with E-state index in [1.165, 1.54) is 24.8 Å². The Bertz CT molecular complexity index is 464. The van der Waals surface area contributed by atoms with Gasteiger partial charge < -0.3 is 15.6 Å². The van der Waals surface area contributed by atoms with Crippen molar-refractivity contribution in [3.8, 4) is 0 Å². The predicted molar refractivity (Wildman–Crippen MR) is 66.4 cm³/mol. The molecule has 1 aliphatic heterocycles. The van der Waals surface area contributed by atoms with Crippen LogP contribution in [0.2, 0.25) is 0 Å². The van der Waals surface area contributed by atoms with Gasteiger partial charge in [0, 0.05) is 30.3 Å². The summed E-state index contributed by atoms with van der Waals surface area (Å²) in [5.41, 5.74) is 2.02. The molecular weight excluding hydrogens is 216 g/mol. The highest BCUT2D eigenvalue weighted by molar-refractivity contribution is 5.47. The van der Waals surface area contributed by atoms with Crippen molar-refractivity contribution < 1.29 is 0 Å². The first-order valence-corrected chi connectivity index (χ1v) is 6.42. The van der Waals surface area contributed by atoms with Gasteiger partial charge in [0.1, 0.15) is 5.82 Å². The van der Waals surface area contributed by atoms with Gasteiger partial charge in [0.15, 0.2) is 0 Å². The number of hydrogen-bond acceptors (Lipinski definition) is 4. The maximum absolute atomic E-state index is 11.5. The third-order valence-electron chi connectivity index (χ3n) is 3.67. The molecule has 1 aliphatic carbocycles. The van der Waals surface area contributed by atoms with Crippen LogP contribution < -0.4 is 16.3 Å². The number of rotatable bonds is 2. The zero-order valence-corrected chi connectivity index (χ0v) is 9.88. The lowest BCUT2D eigenvalue weighted by molar-refractivity contribution is 0.444. The lowest BCUT2D eigenvalue weighted by Crippen LogP contribution is -2.30.